The number of hydrogen-bond donors (Lipinski definition) is 0. The highest BCUT2D eigenvalue weighted by molar-refractivity contribution is 6.06. The van der Waals surface area contributed by atoms with Crippen LogP contribution in [-0.4, -0.2) is 37.0 Å². The molecule has 0 bridgehead atoms. The number of carbonyl (C=O) groups is 1. The molecule has 0 aromatic heterocycles. The van der Waals surface area contributed by atoms with Crippen LogP contribution in [0.1, 0.15) is 34.6 Å². The van der Waals surface area contributed by atoms with Crippen LogP contribution in [0.15, 0.2) is 48.5 Å². The molecule has 0 radical (unpaired) electrons. The first kappa shape index (κ1) is 19.7. The van der Waals surface area contributed by atoms with Crippen LogP contribution in [0.2, 0.25) is 0 Å². The fourth-order valence-corrected chi connectivity index (χ4v) is 4.43. The van der Waals surface area contributed by atoms with Gasteiger partial charge in [-0.15, -0.1) is 0 Å². The van der Waals surface area contributed by atoms with Gasteiger partial charge in [-0.3, -0.25) is 4.79 Å². The molecule has 2 heterocycles. The van der Waals surface area contributed by atoms with Gasteiger partial charge in [0.2, 0.25) is 0 Å². The van der Waals surface area contributed by atoms with E-state index in [9.17, 15) is 18.0 Å². The molecule has 0 saturated carbocycles. The highest BCUT2D eigenvalue weighted by Gasteiger charge is 2.43. The molecule has 3 nitrogen and oxygen atoms in total. The van der Waals surface area contributed by atoms with Gasteiger partial charge in [0, 0.05) is 30.3 Å². The Morgan fingerprint density at radius 3 is 2.72 bits per heavy atom. The summed E-state index contributed by atoms with van der Waals surface area (Å²) in [5.74, 6) is 0.0686. The van der Waals surface area contributed by atoms with E-state index in [-0.39, 0.29) is 17.9 Å². The molecule has 2 aromatic carbocycles. The first-order valence-corrected chi connectivity index (χ1v) is 9.71. The van der Waals surface area contributed by atoms with Gasteiger partial charge in [-0.05, 0) is 62.3 Å². The zero-order chi connectivity index (χ0) is 20.8. The lowest BCUT2D eigenvalue weighted by molar-refractivity contribution is -0.137. The van der Waals surface area contributed by atoms with Gasteiger partial charge in [-0.2, -0.15) is 13.2 Å². The summed E-state index contributed by atoms with van der Waals surface area (Å²) in [5.41, 5.74) is 2.90. The molecule has 6 heteroatoms. The van der Waals surface area contributed by atoms with Crippen molar-refractivity contribution in [2.45, 2.75) is 31.5 Å². The predicted octanol–water partition coefficient (Wildman–Crippen LogP) is 4.86. The number of rotatable bonds is 2. The molecule has 2 aromatic rings. The summed E-state index contributed by atoms with van der Waals surface area (Å²) in [7, 11) is 2.09. The fourth-order valence-electron chi connectivity index (χ4n) is 4.43. The van der Waals surface area contributed by atoms with Gasteiger partial charge in [-0.1, -0.05) is 29.8 Å². The van der Waals surface area contributed by atoms with E-state index in [2.05, 4.69) is 18.0 Å². The highest BCUT2D eigenvalue weighted by atomic mass is 19.4. The minimum Gasteiger partial charge on any atom is -0.306 e. The average molecular weight is 400 g/mol. The number of piperidine rings is 1. The lowest BCUT2D eigenvalue weighted by Crippen LogP contribution is -2.46. The van der Waals surface area contributed by atoms with Crippen molar-refractivity contribution >= 4 is 17.7 Å². The number of halogens is 3. The van der Waals surface area contributed by atoms with Crippen molar-refractivity contribution in [3.8, 4) is 0 Å². The third-order valence-electron chi connectivity index (χ3n) is 5.82. The van der Waals surface area contributed by atoms with Crippen LogP contribution in [-0.2, 0) is 11.0 Å². The largest absolute Gasteiger partial charge is 0.416 e. The predicted molar refractivity (Wildman–Crippen MR) is 108 cm³/mol. The molecule has 2 aliphatic rings. The minimum absolute atomic E-state index is 0.0849. The maximum Gasteiger partial charge on any atom is 0.416 e. The third kappa shape index (κ3) is 3.81. The summed E-state index contributed by atoms with van der Waals surface area (Å²) in [6.45, 7) is 3.84. The Morgan fingerprint density at radius 2 is 1.97 bits per heavy atom. The van der Waals surface area contributed by atoms with E-state index >= 15 is 0 Å². The van der Waals surface area contributed by atoms with Crippen molar-refractivity contribution in [2.24, 2.45) is 0 Å². The molecule has 0 spiro atoms. The molecule has 4 rings (SSSR count). The summed E-state index contributed by atoms with van der Waals surface area (Å²) < 4.78 is 38.8. The minimum atomic E-state index is -4.40. The molecular weight excluding hydrogens is 377 g/mol. The van der Waals surface area contributed by atoms with Crippen molar-refractivity contribution in [3.05, 3.63) is 70.8 Å². The summed E-state index contributed by atoms with van der Waals surface area (Å²) in [6, 6.07) is 11.2. The van der Waals surface area contributed by atoms with Gasteiger partial charge in [0.1, 0.15) is 0 Å². The SMILES string of the molecule is Cc1ccc2c(c1)[C@@H]1CN(C)CC[C@H]1N2C(=O)/C=C/c1cccc(C(F)(F)F)c1. The highest BCUT2D eigenvalue weighted by Crippen LogP contribution is 2.45. The van der Waals surface area contributed by atoms with Crippen molar-refractivity contribution in [1.82, 2.24) is 4.90 Å². The summed E-state index contributed by atoms with van der Waals surface area (Å²) in [6.07, 6.45) is -0.674. The Hall–Kier alpha value is -2.60. The summed E-state index contributed by atoms with van der Waals surface area (Å²) >= 11 is 0. The van der Waals surface area contributed by atoms with Crippen LogP contribution in [0.25, 0.3) is 6.08 Å². The van der Waals surface area contributed by atoms with Crippen molar-refractivity contribution in [3.63, 3.8) is 0 Å². The van der Waals surface area contributed by atoms with Crippen LogP contribution in [0.3, 0.4) is 0 Å². The Bertz CT molecular complexity index is 967. The zero-order valence-electron chi connectivity index (χ0n) is 16.4. The van der Waals surface area contributed by atoms with E-state index in [1.807, 2.05) is 24.0 Å². The van der Waals surface area contributed by atoms with E-state index in [4.69, 9.17) is 0 Å². The molecule has 2 atom stereocenters. The fraction of sp³-hybridized carbons (Fsp3) is 0.348. The van der Waals surface area contributed by atoms with E-state index < -0.39 is 11.7 Å². The number of likely N-dealkylation sites (tertiary alicyclic amines) is 1. The summed E-state index contributed by atoms with van der Waals surface area (Å²) in [5, 5.41) is 0. The van der Waals surface area contributed by atoms with Gasteiger partial charge in [0.15, 0.2) is 0 Å². The number of nitrogens with zero attached hydrogens (tertiary/aromatic N) is 2. The average Bonchev–Trinajstić information content (AvgIpc) is 2.98. The molecule has 0 unspecified atom stereocenters. The van der Waals surface area contributed by atoms with E-state index in [0.29, 0.717) is 5.56 Å². The first-order chi connectivity index (χ1) is 13.7. The van der Waals surface area contributed by atoms with Crippen LogP contribution in [0, 0.1) is 6.92 Å². The number of benzene rings is 2. The second-order valence-corrected chi connectivity index (χ2v) is 7.95. The number of anilines is 1. The lowest BCUT2D eigenvalue weighted by atomic mass is 9.89. The Kier molecular flexibility index (Phi) is 4.99. The van der Waals surface area contributed by atoms with Gasteiger partial charge < -0.3 is 9.80 Å². The molecule has 1 fully saturated rings. The molecule has 1 amide bonds. The van der Waals surface area contributed by atoms with Crippen molar-refractivity contribution in [2.75, 3.05) is 25.0 Å². The molecule has 0 aliphatic carbocycles. The van der Waals surface area contributed by atoms with Crippen LogP contribution >= 0.6 is 0 Å². The first-order valence-electron chi connectivity index (χ1n) is 9.71. The Balaban J connectivity index is 1.63. The monoisotopic (exact) mass is 400 g/mol. The molecule has 29 heavy (non-hydrogen) atoms. The third-order valence-corrected chi connectivity index (χ3v) is 5.82. The maximum atomic E-state index is 13.1. The second kappa shape index (κ2) is 7.34. The second-order valence-electron chi connectivity index (χ2n) is 7.95. The van der Waals surface area contributed by atoms with Gasteiger partial charge in [0.05, 0.1) is 5.56 Å². The van der Waals surface area contributed by atoms with E-state index in [0.717, 1.165) is 42.9 Å². The molecule has 2 aliphatic heterocycles. The number of fused-ring (bicyclic) bond motifs is 3. The zero-order valence-corrected chi connectivity index (χ0v) is 16.4. The van der Waals surface area contributed by atoms with Gasteiger partial charge in [0.25, 0.3) is 5.91 Å². The Morgan fingerprint density at radius 1 is 1.17 bits per heavy atom. The number of alkyl halides is 3. The standard InChI is InChI=1S/C23H23F3N2O/c1-15-6-8-20-18(12-15)19-14-27(2)11-10-21(19)28(20)22(29)9-7-16-4-3-5-17(13-16)23(24,25)26/h3-9,12-13,19,21H,10-11,14H2,1-2H3/b9-7+/t19-,21+/m0/s1. The number of hydrogen-bond acceptors (Lipinski definition) is 2. The van der Waals surface area contributed by atoms with E-state index in [1.165, 1.54) is 23.8 Å². The smallest absolute Gasteiger partial charge is 0.306 e. The van der Waals surface area contributed by atoms with Crippen LogP contribution < -0.4 is 4.90 Å². The van der Waals surface area contributed by atoms with Crippen molar-refractivity contribution < 1.29 is 18.0 Å². The Labute approximate surface area is 168 Å². The van der Waals surface area contributed by atoms with Crippen LogP contribution in [0.5, 0.6) is 0 Å². The van der Waals surface area contributed by atoms with Gasteiger partial charge in [-0.25, -0.2) is 0 Å². The molecule has 152 valence electrons. The number of amides is 1. The molecule has 0 N–H and O–H groups in total. The number of carbonyl (C=O) groups excluding carboxylic acids is 1. The topological polar surface area (TPSA) is 23.6 Å². The van der Waals surface area contributed by atoms with Crippen LogP contribution in [0.4, 0.5) is 18.9 Å². The normalized spacial score (nSPS) is 22.0. The number of likely N-dealkylation sites (N-methyl/N-ethyl adjacent to an activating group) is 1. The summed E-state index contributed by atoms with van der Waals surface area (Å²) in [4.78, 5) is 17.2. The number of aryl methyl sites for hydroxylation is 1. The maximum absolute atomic E-state index is 13.1. The quantitative estimate of drug-likeness (QED) is 0.672. The lowest BCUT2D eigenvalue weighted by Gasteiger charge is -2.36. The van der Waals surface area contributed by atoms with Gasteiger partial charge >= 0.3 is 6.18 Å². The molecular formula is C23H23F3N2O. The van der Waals surface area contributed by atoms with E-state index in [1.54, 1.807) is 6.07 Å². The van der Waals surface area contributed by atoms with Crippen molar-refractivity contribution in [1.29, 1.82) is 0 Å². The molecule has 1 saturated heterocycles.